The maximum absolute atomic E-state index is 11.9. The number of nitrogens with zero attached hydrogens (tertiary/aromatic N) is 2. The molecule has 6 nitrogen and oxygen atoms in total. The Morgan fingerprint density at radius 2 is 1.75 bits per heavy atom. The second kappa shape index (κ2) is 6.98. The Hall–Kier alpha value is -1.98. The second-order valence-electron chi connectivity index (χ2n) is 5.54. The Balaban J connectivity index is 2.73. The van der Waals surface area contributed by atoms with Crippen molar-refractivity contribution in [3.63, 3.8) is 0 Å². The van der Waals surface area contributed by atoms with E-state index in [-0.39, 0.29) is 5.92 Å². The summed E-state index contributed by atoms with van der Waals surface area (Å²) in [5.74, 6) is -1.88. The van der Waals surface area contributed by atoms with Crippen LogP contribution >= 0.6 is 0 Å². The number of hydrogen-bond donors (Lipinski definition) is 2. The van der Waals surface area contributed by atoms with Gasteiger partial charge in [-0.1, -0.05) is 27.7 Å². The first-order valence-electron chi connectivity index (χ1n) is 6.65. The molecule has 0 aliphatic heterocycles. The standard InChI is InChI=1S/C14H21N3O3/c1-8(2)5-11-15-6-10(7-16-11)17-13(18)12(9(3)4)14(19)20/h6-9,12H,5H2,1-4H3,(H,17,18)(H,19,20). The summed E-state index contributed by atoms with van der Waals surface area (Å²) in [6, 6.07) is 0. The molecule has 1 amide bonds. The summed E-state index contributed by atoms with van der Waals surface area (Å²) in [6.45, 7) is 7.53. The Bertz CT molecular complexity index is 469. The third kappa shape index (κ3) is 4.60. The molecule has 110 valence electrons. The van der Waals surface area contributed by atoms with Gasteiger partial charge < -0.3 is 10.4 Å². The lowest BCUT2D eigenvalue weighted by molar-refractivity contribution is -0.147. The molecule has 1 heterocycles. The van der Waals surface area contributed by atoms with Gasteiger partial charge in [0, 0.05) is 6.42 Å². The number of carbonyl (C=O) groups is 2. The van der Waals surface area contributed by atoms with Crippen LogP contribution in [-0.4, -0.2) is 27.0 Å². The maximum Gasteiger partial charge on any atom is 0.316 e. The first-order valence-corrected chi connectivity index (χ1v) is 6.65. The van der Waals surface area contributed by atoms with Gasteiger partial charge in [-0.3, -0.25) is 9.59 Å². The lowest BCUT2D eigenvalue weighted by Gasteiger charge is -2.15. The molecule has 1 atom stereocenters. The van der Waals surface area contributed by atoms with Crippen molar-refractivity contribution in [2.45, 2.75) is 34.1 Å². The van der Waals surface area contributed by atoms with E-state index in [1.807, 2.05) is 0 Å². The van der Waals surface area contributed by atoms with Crippen LogP contribution in [0.5, 0.6) is 0 Å². The van der Waals surface area contributed by atoms with E-state index < -0.39 is 17.8 Å². The summed E-state index contributed by atoms with van der Waals surface area (Å²) in [6.07, 6.45) is 3.77. The Morgan fingerprint density at radius 1 is 1.20 bits per heavy atom. The first-order chi connectivity index (χ1) is 9.31. The zero-order valence-electron chi connectivity index (χ0n) is 12.3. The van der Waals surface area contributed by atoms with E-state index in [1.165, 1.54) is 12.4 Å². The average Bonchev–Trinajstić information content (AvgIpc) is 2.29. The Kier molecular flexibility index (Phi) is 5.61. The molecule has 0 saturated heterocycles. The molecule has 0 aliphatic rings. The fraction of sp³-hybridized carbons (Fsp3) is 0.571. The molecule has 0 aliphatic carbocycles. The number of hydrogen-bond acceptors (Lipinski definition) is 4. The van der Waals surface area contributed by atoms with E-state index in [1.54, 1.807) is 13.8 Å². The van der Waals surface area contributed by atoms with Crippen LogP contribution in [0.15, 0.2) is 12.4 Å². The van der Waals surface area contributed by atoms with Crippen molar-refractivity contribution in [2.75, 3.05) is 5.32 Å². The molecule has 2 N–H and O–H groups in total. The fourth-order valence-corrected chi connectivity index (χ4v) is 1.81. The van der Waals surface area contributed by atoms with Crippen molar-refractivity contribution in [3.8, 4) is 0 Å². The number of carbonyl (C=O) groups excluding carboxylic acids is 1. The summed E-state index contributed by atoms with van der Waals surface area (Å²) in [5, 5.41) is 11.6. The normalized spacial score (nSPS) is 12.5. The van der Waals surface area contributed by atoms with Gasteiger partial charge >= 0.3 is 5.97 Å². The SMILES string of the molecule is CC(C)Cc1ncc(NC(=O)C(C(=O)O)C(C)C)cn1. The number of aliphatic carboxylic acids is 1. The molecule has 1 rings (SSSR count). The van der Waals surface area contributed by atoms with Gasteiger partial charge in [-0.2, -0.15) is 0 Å². The highest BCUT2D eigenvalue weighted by atomic mass is 16.4. The zero-order chi connectivity index (χ0) is 15.3. The predicted octanol–water partition coefficient (Wildman–Crippen LogP) is 1.97. The summed E-state index contributed by atoms with van der Waals surface area (Å²) in [7, 11) is 0. The highest BCUT2D eigenvalue weighted by Crippen LogP contribution is 2.14. The first kappa shape index (κ1) is 16.1. The van der Waals surface area contributed by atoms with Crippen LogP contribution < -0.4 is 5.32 Å². The number of nitrogens with one attached hydrogen (secondary N) is 1. The smallest absolute Gasteiger partial charge is 0.316 e. The van der Waals surface area contributed by atoms with Crippen molar-refractivity contribution in [1.82, 2.24) is 9.97 Å². The van der Waals surface area contributed by atoms with Crippen LogP contribution in [0.4, 0.5) is 5.69 Å². The quantitative estimate of drug-likeness (QED) is 0.777. The molecule has 1 aromatic rings. The minimum Gasteiger partial charge on any atom is -0.481 e. The molecule has 6 heteroatoms. The van der Waals surface area contributed by atoms with Gasteiger partial charge in [-0.15, -0.1) is 0 Å². The summed E-state index contributed by atoms with van der Waals surface area (Å²) in [5.41, 5.74) is 0.411. The van der Waals surface area contributed by atoms with E-state index >= 15 is 0 Å². The minimum absolute atomic E-state index is 0.284. The van der Waals surface area contributed by atoms with E-state index in [0.29, 0.717) is 17.4 Å². The van der Waals surface area contributed by atoms with Gasteiger partial charge in [0.05, 0.1) is 18.1 Å². The van der Waals surface area contributed by atoms with Crippen LogP contribution in [0.3, 0.4) is 0 Å². The minimum atomic E-state index is -1.13. The van der Waals surface area contributed by atoms with Gasteiger partial charge in [0.15, 0.2) is 0 Å². The Labute approximate surface area is 118 Å². The largest absolute Gasteiger partial charge is 0.481 e. The van der Waals surface area contributed by atoms with Crippen molar-refractivity contribution >= 4 is 17.6 Å². The molecule has 0 spiro atoms. The second-order valence-corrected chi connectivity index (χ2v) is 5.54. The van der Waals surface area contributed by atoms with Gasteiger partial charge in [0.1, 0.15) is 11.7 Å². The van der Waals surface area contributed by atoms with E-state index in [0.717, 1.165) is 6.42 Å². The van der Waals surface area contributed by atoms with Crippen molar-refractivity contribution in [2.24, 2.45) is 17.8 Å². The highest BCUT2D eigenvalue weighted by molar-refractivity contribution is 6.04. The van der Waals surface area contributed by atoms with E-state index in [9.17, 15) is 9.59 Å². The van der Waals surface area contributed by atoms with Crippen molar-refractivity contribution in [1.29, 1.82) is 0 Å². The molecule has 0 saturated carbocycles. The molecule has 20 heavy (non-hydrogen) atoms. The van der Waals surface area contributed by atoms with Gasteiger partial charge in [-0.25, -0.2) is 9.97 Å². The molecular weight excluding hydrogens is 258 g/mol. The molecular formula is C14H21N3O3. The van der Waals surface area contributed by atoms with Crippen molar-refractivity contribution in [3.05, 3.63) is 18.2 Å². The maximum atomic E-state index is 11.9. The van der Waals surface area contributed by atoms with E-state index in [4.69, 9.17) is 5.11 Å². The number of aromatic nitrogens is 2. The van der Waals surface area contributed by atoms with Crippen LogP contribution in [-0.2, 0) is 16.0 Å². The van der Waals surface area contributed by atoms with Crippen LogP contribution in [0.25, 0.3) is 0 Å². The number of carboxylic acid groups (broad SMARTS) is 1. The molecule has 1 unspecified atom stereocenters. The lowest BCUT2D eigenvalue weighted by Crippen LogP contribution is -2.33. The molecule has 0 fully saturated rings. The monoisotopic (exact) mass is 279 g/mol. The van der Waals surface area contributed by atoms with Gasteiger partial charge in [-0.05, 0) is 11.8 Å². The third-order valence-corrected chi connectivity index (χ3v) is 2.78. The molecule has 1 aromatic heterocycles. The highest BCUT2D eigenvalue weighted by Gasteiger charge is 2.29. The number of carboxylic acids is 1. The molecule has 0 bridgehead atoms. The Morgan fingerprint density at radius 3 is 2.15 bits per heavy atom. The topological polar surface area (TPSA) is 92.2 Å². The molecule has 0 radical (unpaired) electrons. The van der Waals surface area contributed by atoms with Crippen LogP contribution in [0, 0.1) is 17.8 Å². The van der Waals surface area contributed by atoms with Crippen LogP contribution in [0.2, 0.25) is 0 Å². The zero-order valence-corrected chi connectivity index (χ0v) is 12.3. The van der Waals surface area contributed by atoms with E-state index in [2.05, 4.69) is 29.1 Å². The number of rotatable bonds is 6. The predicted molar refractivity (Wildman–Crippen MR) is 75.2 cm³/mol. The average molecular weight is 279 g/mol. The van der Waals surface area contributed by atoms with Crippen LogP contribution in [0.1, 0.15) is 33.5 Å². The van der Waals surface area contributed by atoms with Gasteiger partial charge in [0.25, 0.3) is 0 Å². The summed E-state index contributed by atoms with van der Waals surface area (Å²) in [4.78, 5) is 31.3. The summed E-state index contributed by atoms with van der Waals surface area (Å²) < 4.78 is 0. The number of anilines is 1. The van der Waals surface area contributed by atoms with Crippen molar-refractivity contribution < 1.29 is 14.7 Å². The van der Waals surface area contributed by atoms with Gasteiger partial charge in [0.2, 0.25) is 5.91 Å². The number of amides is 1. The third-order valence-electron chi connectivity index (χ3n) is 2.78. The fourth-order valence-electron chi connectivity index (χ4n) is 1.81. The summed E-state index contributed by atoms with van der Waals surface area (Å²) >= 11 is 0. The molecule has 0 aromatic carbocycles. The lowest BCUT2D eigenvalue weighted by atomic mass is 9.95.